The first kappa shape index (κ1) is 16.2. The third-order valence-corrected chi connectivity index (χ3v) is 3.95. The van der Waals surface area contributed by atoms with Crippen molar-refractivity contribution in [2.75, 3.05) is 0 Å². The van der Waals surface area contributed by atoms with Crippen LogP contribution in [0.1, 0.15) is 18.1 Å². The van der Waals surface area contributed by atoms with Crippen molar-refractivity contribution >= 4 is 23.2 Å². The molecule has 0 amide bonds. The third-order valence-electron chi connectivity index (χ3n) is 3.21. The van der Waals surface area contributed by atoms with Gasteiger partial charge in [0.1, 0.15) is 11.6 Å². The summed E-state index contributed by atoms with van der Waals surface area (Å²) >= 11 is 11.8. The van der Waals surface area contributed by atoms with E-state index in [1.54, 1.807) is 12.1 Å². The minimum Gasteiger partial charge on any atom is -0.310 e. The number of hydrogen-bond acceptors (Lipinski definition) is 1. The van der Waals surface area contributed by atoms with Crippen LogP contribution in [0.5, 0.6) is 0 Å². The van der Waals surface area contributed by atoms with Crippen molar-refractivity contribution in [3.05, 3.63) is 69.2 Å². The minimum atomic E-state index is -0.516. The molecule has 1 unspecified atom stereocenters. The smallest absolute Gasteiger partial charge is 0.129 e. The van der Waals surface area contributed by atoms with Crippen LogP contribution in [0.3, 0.4) is 0 Å². The van der Waals surface area contributed by atoms with Gasteiger partial charge in [0, 0.05) is 18.2 Å². The number of halogens is 4. The second-order valence-electron chi connectivity index (χ2n) is 4.93. The molecular weight excluding hydrogens is 315 g/mol. The van der Waals surface area contributed by atoms with E-state index < -0.39 is 11.6 Å². The van der Waals surface area contributed by atoms with E-state index in [1.807, 2.05) is 13.0 Å². The summed E-state index contributed by atoms with van der Waals surface area (Å²) in [7, 11) is 0. The van der Waals surface area contributed by atoms with Crippen molar-refractivity contribution in [1.82, 2.24) is 5.32 Å². The highest BCUT2D eigenvalue weighted by Gasteiger charge is 2.12. The summed E-state index contributed by atoms with van der Waals surface area (Å²) in [6.07, 6.45) is 0.278. The molecular formula is C16H15Cl2F2N. The maximum atomic E-state index is 13.6. The highest BCUT2D eigenvalue weighted by Crippen LogP contribution is 2.22. The fourth-order valence-electron chi connectivity index (χ4n) is 2.05. The molecule has 0 heterocycles. The molecule has 1 N–H and O–H groups in total. The van der Waals surface area contributed by atoms with Gasteiger partial charge in [-0.25, -0.2) is 8.78 Å². The van der Waals surface area contributed by atoms with Crippen molar-refractivity contribution in [1.29, 1.82) is 0 Å². The monoisotopic (exact) mass is 329 g/mol. The summed E-state index contributed by atoms with van der Waals surface area (Å²) in [4.78, 5) is 0. The number of nitrogens with one attached hydrogen (secondary N) is 1. The summed E-state index contributed by atoms with van der Waals surface area (Å²) in [5.41, 5.74) is 1.07. The molecule has 0 bridgehead atoms. The van der Waals surface area contributed by atoms with E-state index in [1.165, 1.54) is 18.2 Å². The maximum absolute atomic E-state index is 13.6. The van der Waals surface area contributed by atoms with Gasteiger partial charge in [-0.3, -0.25) is 0 Å². The van der Waals surface area contributed by atoms with Crippen LogP contribution in [0.25, 0.3) is 0 Å². The van der Waals surface area contributed by atoms with Gasteiger partial charge in [0.2, 0.25) is 0 Å². The highest BCUT2D eigenvalue weighted by molar-refractivity contribution is 6.42. The second-order valence-corrected chi connectivity index (χ2v) is 5.75. The zero-order valence-corrected chi connectivity index (χ0v) is 13.0. The van der Waals surface area contributed by atoms with Crippen molar-refractivity contribution in [3.63, 3.8) is 0 Å². The minimum absolute atomic E-state index is 0.0779. The normalized spacial score (nSPS) is 12.4. The van der Waals surface area contributed by atoms with Gasteiger partial charge >= 0.3 is 0 Å². The van der Waals surface area contributed by atoms with Crippen LogP contribution < -0.4 is 5.32 Å². The Morgan fingerprint density at radius 3 is 2.33 bits per heavy atom. The van der Waals surface area contributed by atoms with Gasteiger partial charge in [-0.1, -0.05) is 35.3 Å². The first-order chi connectivity index (χ1) is 9.97. The van der Waals surface area contributed by atoms with Gasteiger partial charge in [0.05, 0.1) is 10.0 Å². The Morgan fingerprint density at radius 2 is 1.71 bits per heavy atom. The Labute approximate surface area is 132 Å². The van der Waals surface area contributed by atoms with Gasteiger partial charge in [-0.2, -0.15) is 0 Å². The van der Waals surface area contributed by atoms with Crippen molar-refractivity contribution in [2.24, 2.45) is 0 Å². The summed E-state index contributed by atoms with van der Waals surface area (Å²) in [6, 6.07) is 9.18. The highest BCUT2D eigenvalue weighted by atomic mass is 35.5. The SMILES string of the molecule is CC(Cc1c(F)cccc1F)NCc1ccc(Cl)c(Cl)c1. The maximum Gasteiger partial charge on any atom is 0.129 e. The first-order valence-electron chi connectivity index (χ1n) is 6.57. The predicted molar refractivity (Wildman–Crippen MR) is 82.8 cm³/mol. The van der Waals surface area contributed by atoms with Crippen LogP contribution in [0, 0.1) is 11.6 Å². The lowest BCUT2D eigenvalue weighted by Gasteiger charge is -2.15. The fourth-order valence-corrected chi connectivity index (χ4v) is 2.37. The first-order valence-corrected chi connectivity index (χ1v) is 7.33. The lowest BCUT2D eigenvalue weighted by atomic mass is 10.1. The molecule has 1 nitrogen and oxygen atoms in total. The van der Waals surface area contributed by atoms with E-state index in [2.05, 4.69) is 5.32 Å². The zero-order valence-electron chi connectivity index (χ0n) is 11.5. The molecule has 0 saturated carbocycles. The molecule has 1 atom stereocenters. The van der Waals surface area contributed by atoms with Gasteiger partial charge in [0.25, 0.3) is 0 Å². The second kappa shape index (κ2) is 7.21. The molecule has 0 radical (unpaired) electrons. The standard InChI is InChI=1S/C16H15Cl2F2N/c1-10(7-12-15(19)3-2-4-16(12)20)21-9-11-5-6-13(17)14(18)8-11/h2-6,8,10,21H,7,9H2,1H3. The lowest BCUT2D eigenvalue weighted by Crippen LogP contribution is -2.28. The van der Waals surface area contributed by atoms with Crippen LogP contribution in [-0.2, 0) is 13.0 Å². The van der Waals surface area contributed by atoms with Crippen molar-refractivity contribution < 1.29 is 8.78 Å². The Balaban J connectivity index is 1.96. The summed E-state index contributed by atoms with van der Waals surface area (Å²) in [5, 5.41) is 4.20. The Kier molecular flexibility index (Phi) is 5.57. The predicted octanol–water partition coefficient (Wildman–Crippen LogP) is 4.99. The topological polar surface area (TPSA) is 12.0 Å². The number of hydrogen-bond donors (Lipinski definition) is 1. The molecule has 0 aliphatic heterocycles. The molecule has 0 spiro atoms. The van der Waals surface area contributed by atoms with Gasteiger partial charge in [-0.15, -0.1) is 0 Å². The Hall–Kier alpha value is -1.16. The van der Waals surface area contributed by atoms with Gasteiger partial charge < -0.3 is 5.32 Å². The zero-order chi connectivity index (χ0) is 15.4. The van der Waals surface area contributed by atoms with Crippen LogP contribution in [0.4, 0.5) is 8.78 Å². The van der Waals surface area contributed by atoms with Gasteiger partial charge in [0.15, 0.2) is 0 Å². The number of rotatable bonds is 5. The largest absolute Gasteiger partial charge is 0.310 e. The Bertz CT molecular complexity index is 611. The van der Waals surface area contributed by atoms with E-state index in [0.29, 0.717) is 16.6 Å². The van der Waals surface area contributed by atoms with E-state index in [4.69, 9.17) is 23.2 Å². The fraction of sp³-hybridized carbons (Fsp3) is 0.250. The Morgan fingerprint density at radius 1 is 1.05 bits per heavy atom. The van der Waals surface area contributed by atoms with E-state index >= 15 is 0 Å². The third kappa shape index (κ3) is 4.40. The molecule has 21 heavy (non-hydrogen) atoms. The molecule has 112 valence electrons. The molecule has 2 aromatic carbocycles. The molecule has 2 rings (SSSR count). The molecule has 5 heteroatoms. The molecule has 0 aromatic heterocycles. The molecule has 2 aromatic rings. The van der Waals surface area contributed by atoms with E-state index in [0.717, 1.165) is 5.56 Å². The number of benzene rings is 2. The van der Waals surface area contributed by atoms with E-state index in [-0.39, 0.29) is 18.0 Å². The van der Waals surface area contributed by atoms with Gasteiger partial charge in [-0.05, 0) is 43.2 Å². The van der Waals surface area contributed by atoms with Crippen molar-refractivity contribution in [2.45, 2.75) is 25.9 Å². The van der Waals surface area contributed by atoms with Crippen molar-refractivity contribution in [3.8, 4) is 0 Å². The van der Waals surface area contributed by atoms with Crippen LogP contribution in [-0.4, -0.2) is 6.04 Å². The summed E-state index contributed by atoms with van der Waals surface area (Å²) in [5.74, 6) is -1.03. The van der Waals surface area contributed by atoms with Crippen LogP contribution in [0.15, 0.2) is 36.4 Å². The molecule has 0 aliphatic carbocycles. The van der Waals surface area contributed by atoms with Crippen LogP contribution >= 0.6 is 23.2 Å². The average Bonchev–Trinajstić information content (AvgIpc) is 2.44. The van der Waals surface area contributed by atoms with E-state index in [9.17, 15) is 8.78 Å². The molecule has 0 fully saturated rings. The summed E-state index contributed by atoms with van der Waals surface area (Å²) < 4.78 is 27.1. The lowest BCUT2D eigenvalue weighted by molar-refractivity contribution is 0.499. The quantitative estimate of drug-likeness (QED) is 0.814. The summed E-state index contributed by atoms with van der Waals surface area (Å²) in [6.45, 7) is 2.43. The molecule has 0 aliphatic rings. The van der Waals surface area contributed by atoms with Crippen LogP contribution in [0.2, 0.25) is 10.0 Å². The average molecular weight is 330 g/mol. The molecule has 0 saturated heterocycles.